The van der Waals surface area contributed by atoms with Gasteiger partial charge >= 0.3 is 12.1 Å². The van der Waals surface area contributed by atoms with Gasteiger partial charge in [-0.3, -0.25) is 4.79 Å². The van der Waals surface area contributed by atoms with Crippen LogP contribution in [0.4, 0.5) is 13.2 Å². The van der Waals surface area contributed by atoms with Gasteiger partial charge in [0.25, 0.3) is 5.89 Å². The molecule has 4 rings (SSSR count). The minimum atomic E-state index is -4.60. The van der Waals surface area contributed by atoms with Crippen molar-refractivity contribution in [2.45, 2.75) is 51.8 Å². The maximum absolute atomic E-state index is 13.6. The molecule has 0 saturated heterocycles. The number of ether oxygens (including phenoxy) is 1. The van der Waals surface area contributed by atoms with Gasteiger partial charge in [0.1, 0.15) is 5.75 Å². The maximum atomic E-state index is 13.6. The predicted molar refractivity (Wildman–Crippen MR) is 134 cm³/mol. The number of nitrogens with zero attached hydrogens (tertiary/aromatic N) is 3. The van der Waals surface area contributed by atoms with Gasteiger partial charge in [0, 0.05) is 30.6 Å². The fourth-order valence-corrected chi connectivity index (χ4v) is 4.29. The highest BCUT2D eigenvalue weighted by Crippen LogP contribution is 2.39. The first kappa shape index (κ1) is 28.5. The van der Waals surface area contributed by atoms with Crippen LogP contribution in [-0.2, 0) is 23.8 Å². The molecule has 11 heteroatoms. The summed E-state index contributed by atoms with van der Waals surface area (Å²) in [5.74, 6) is -0.743. The first-order chi connectivity index (χ1) is 17.1. The van der Waals surface area contributed by atoms with Crippen LogP contribution >= 0.6 is 12.4 Å². The molecule has 2 heterocycles. The largest absolute Gasteiger partial charge is 0.490 e. The van der Waals surface area contributed by atoms with Gasteiger partial charge in [-0.1, -0.05) is 17.3 Å². The zero-order chi connectivity index (χ0) is 25.9. The minimum absolute atomic E-state index is 0. The summed E-state index contributed by atoms with van der Waals surface area (Å²) in [5.41, 5.74) is 2.34. The van der Waals surface area contributed by atoms with Crippen LogP contribution in [0, 0.1) is 0 Å². The SMILES string of the molecule is CC(C)Oc1ccc(-c2nc(-c3ccc4c(c3)CCN(CCCC(=O)O)CC4)no2)cc1C(F)(F)F.Cl. The molecule has 0 saturated carbocycles. The number of alkyl halides is 3. The van der Waals surface area contributed by atoms with Gasteiger partial charge < -0.3 is 19.3 Å². The molecule has 0 radical (unpaired) electrons. The summed E-state index contributed by atoms with van der Waals surface area (Å²) in [6.45, 7) is 5.74. The molecule has 37 heavy (non-hydrogen) atoms. The highest BCUT2D eigenvalue weighted by Gasteiger charge is 2.35. The van der Waals surface area contributed by atoms with Crippen LogP contribution in [0.1, 0.15) is 43.4 Å². The van der Waals surface area contributed by atoms with Crippen molar-refractivity contribution in [3.63, 3.8) is 0 Å². The molecule has 1 aliphatic rings. The van der Waals surface area contributed by atoms with Gasteiger partial charge in [0.2, 0.25) is 5.82 Å². The summed E-state index contributed by atoms with van der Waals surface area (Å²) in [4.78, 5) is 17.4. The van der Waals surface area contributed by atoms with Crippen molar-refractivity contribution in [2.75, 3.05) is 19.6 Å². The van der Waals surface area contributed by atoms with E-state index in [1.165, 1.54) is 17.7 Å². The molecule has 1 aliphatic heterocycles. The number of rotatable bonds is 8. The fourth-order valence-electron chi connectivity index (χ4n) is 4.29. The number of aliphatic carboxylic acids is 1. The van der Waals surface area contributed by atoms with E-state index in [0.29, 0.717) is 12.2 Å². The quantitative estimate of drug-likeness (QED) is 0.381. The van der Waals surface area contributed by atoms with Gasteiger partial charge in [0.15, 0.2) is 0 Å². The second-order valence-corrected chi connectivity index (χ2v) is 9.12. The Morgan fingerprint density at radius 2 is 1.81 bits per heavy atom. The second kappa shape index (κ2) is 12.0. The third-order valence-electron chi connectivity index (χ3n) is 6.04. The molecular weight excluding hydrogens is 511 g/mol. The van der Waals surface area contributed by atoms with Crippen molar-refractivity contribution >= 4 is 18.4 Å². The van der Waals surface area contributed by atoms with E-state index in [9.17, 15) is 18.0 Å². The Hall–Kier alpha value is -3.11. The van der Waals surface area contributed by atoms with E-state index in [1.807, 2.05) is 18.2 Å². The molecule has 1 aromatic heterocycles. The molecule has 3 aromatic rings. The third kappa shape index (κ3) is 7.23. The van der Waals surface area contributed by atoms with E-state index in [4.69, 9.17) is 14.4 Å². The Labute approximate surface area is 219 Å². The summed E-state index contributed by atoms with van der Waals surface area (Å²) in [7, 11) is 0. The monoisotopic (exact) mass is 539 g/mol. The predicted octanol–water partition coefficient (Wildman–Crippen LogP) is 5.90. The number of hydrogen-bond donors (Lipinski definition) is 1. The van der Waals surface area contributed by atoms with E-state index < -0.39 is 23.8 Å². The van der Waals surface area contributed by atoms with Crippen LogP contribution in [0.2, 0.25) is 0 Å². The van der Waals surface area contributed by atoms with Crippen molar-refractivity contribution in [2.24, 2.45) is 0 Å². The normalized spacial score (nSPS) is 14.1. The number of fused-ring (bicyclic) bond motifs is 1. The maximum Gasteiger partial charge on any atom is 0.419 e. The topological polar surface area (TPSA) is 88.7 Å². The molecule has 0 spiro atoms. The molecule has 0 unspecified atom stereocenters. The average Bonchev–Trinajstić information content (AvgIpc) is 3.21. The molecule has 200 valence electrons. The van der Waals surface area contributed by atoms with Gasteiger partial charge in [-0.05, 0) is 75.0 Å². The average molecular weight is 540 g/mol. The zero-order valence-corrected chi connectivity index (χ0v) is 21.4. The number of hydrogen-bond acceptors (Lipinski definition) is 6. The van der Waals surface area contributed by atoms with Gasteiger partial charge in [0.05, 0.1) is 11.7 Å². The lowest BCUT2D eigenvalue weighted by Crippen LogP contribution is -2.27. The van der Waals surface area contributed by atoms with E-state index in [0.717, 1.165) is 49.7 Å². The first-order valence-corrected chi connectivity index (χ1v) is 11.9. The summed E-state index contributed by atoms with van der Waals surface area (Å²) in [6.07, 6.45) is -2.58. The van der Waals surface area contributed by atoms with Crippen molar-refractivity contribution in [3.8, 4) is 28.6 Å². The van der Waals surface area contributed by atoms with Crippen LogP contribution < -0.4 is 4.74 Å². The van der Waals surface area contributed by atoms with Gasteiger partial charge in [-0.2, -0.15) is 18.2 Å². The number of carbonyl (C=O) groups is 1. The Morgan fingerprint density at radius 3 is 2.49 bits per heavy atom. The minimum Gasteiger partial charge on any atom is -0.490 e. The smallest absolute Gasteiger partial charge is 0.419 e. The third-order valence-corrected chi connectivity index (χ3v) is 6.04. The van der Waals surface area contributed by atoms with E-state index in [1.54, 1.807) is 13.8 Å². The lowest BCUT2D eigenvalue weighted by atomic mass is 10.00. The van der Waals surface area contributed by atoms with E-state index >= 15 is 0 Å². The summed E-state index contributed by atoms with van der Waals surface area (Å²) < 4.78 is 51.5. The van der Waals surface area contributed by atoms with Gasteiger partial charge in [-0.25, -0.2) is 0 Å². The molecule has 0 bridgehead atoms. The first-order valence-electron chi connectivity index (χ1n) is 11.9. The van der Waals surface area contributed by atoms with Gasteiger partial charge in [-0.15, -0.1) is 12.4 Å². The van der Waals surface area contributed by atoms with E-state index in [-0.39, 0.29) is 36.0 Å². The lowest BCUT2D eigenvalue weighted by Gasteiger charge is -2.18. The molecule has 1 N–H and O–H groups in total. The Balaban J connectivity index is 0.00000380. The molecule has 0 atom stereocenters. The molecule has 0 fully saturated rings. The standard InChI is InChI=1S/C26H28F3N3O4.ClH/c1-16(2)35-22-8-7-20(15-21(22)26(27,28)29)25-30-24(31-36-25)19-6-5-17-9-12-32(11-3-4-23(33)34)13-10-18(17)14-19;/h5-8,14-16H,3-4,9-13H2,1-2H3,(H,33,34);1H. The van der Waals surface area contributed by atoms with Crippen molar-refractivity contribution in [1.82, 2.24) is 15.0 Å². The molecular formula is C26H29ClF3N3O4. The molecule has 7 nitrogen and oxygen atoms in total. The fraction of sp³-hybridized carbons (Fsp3) is 0.423. The Morgan fingerprint density at radius 1 is 1.11 bits per heavy atom. The number of benzene rings is 2. The summed E-state index contributed by atoms with van der Waals surface area (Å²) >= 11 is 0. The van der Waals surface area contributed by atoms with Crippen LogP contribution in [0.3, 0.4) is 0 Å². The van der Waals surface area contributed by atoms with Crippen LogP contribution in [0.25, 0.3) is 22.8 Å². The van der Waals surface area contributed by atoms with Crippen molar-refractivity contribution in [3.05, 3.63) is 53.1 Å². The second-order valence-electron chi connectivity index (χ2n) is 9.12. The molecule has 0 aliphatic carbocycles. The zero-order valence-electron chi connectivity index (χ0n) is 20.5. The van der Waals surface area contributed by atoms with Crippen molar-refractivity contribution < 1.29 is 32.3 Å². The van der Waals surface area contributed by atoms with Crippen LogP contribution in [0.15, 0.2) is 40.9 Å². The molecule has 0 amide bonds. The Bertz CT molecular complexity index is 1230. The highest BCUT2D eigenvalue weighted by molar-refractivity contribution is 5.85. The number of carboxylic acids is 1. The molecule has 2 aromatic carbocycles. The van der Waals surface area contributed by atoms with Crippen LogP contribution in [0.5, 0.6) is 5.75 Å². The van der Waals surface area contributed by atoms with E-state index in [2.05, 4.69) is 15.0 Å². The van der Waals surface area contributed by atoms with Crippen LogP contribution in [-0.4, -0.2) is 51.9 Å². The lowest BCUT2D eigenvalue weighted by molar-refractivity contribution is -0.139. The number of halogens is 4. The van der Waals surface area contributed by atoms with Crippen molar-refractivity contribution in [1.29, 1.82) is 0 Å². The Kier molecular flexibility index (Phi) is 9.20. The summed E-state index contributed by atoms with van der Waals surface area (Å²) in [6, 6.07) is 9.60. The number of aromatic nitrogens is 2. The highest BCUT2D eigenvalue weighted by atomic mass is 35.5. The summed E-state index contributed by atoms with van der Waals surface area (Å²) in [5, 5.41) is 12.9. The number of carboxylic acid groups (broad SMARTS) is 1.